The van der Waals surface area contributed by atoms with E-state index in [-0.39, 0.29) is 0 Å². The molecule has 1 aliphatic rings. The molecule has 0 aromatic heterocycles. The van der Waals surface area contributed by atoms with Crippen molar-refractivity contribution in [1.82, 2.24) is 0 Å². The van der Waals surface area contributed by atoms with Crippen LogP contribution in [0.15, 0.2) is 84.4 Å². The Hall–Kier alpha value is -3.99. The summed E-state index contributed by atoms with van der Waals surface area (Å²) in [4.78, 5) is 12.3. The Labute approximate surface area is 181 Å². The monoisotopic (exact) mass is 414 g/mol. The highest BCUT2D eigenvalue weighted by Crippen LogP contribution is 2.32. The summed E-state index contributed by atoms with van der Waals surface area (Å²) in [6, 6.07) is 22.8. The molecule has 0 amide bonds. The largest absolute Gasteiger partial charge is 0.497 e. The Morgan fingerprint density at radius 2 is 1.65 bits per heavy atom. The van der Waals surface area contributed by atoms with Gasteiger partial charge >= 0.3 is 5.97 Å². The first-order chi connectivity index (χ1) is 15.2. The number of methoxy groups -OCH3 is 2. The summed E-state index contributed by atoms with van der Waals surface area (Å²) in [5.41, 5.74) is 3.15. The summed E-state index contributed by atoms with van der Waals surface area (Å²) < 4.78 is 22.0. The van der Waals surface area contributed by atoms with E-state index in [2.05, 4.69) is 0 Å². The fourth-order valence-corrected chi connectivity index (χ4v) is 3.19. The molecule has 3 aromatic rings. The standard InChI is InChI=1S/C26H22O5/c1-28-22-11-9-20(10-12-22)24-16-21(26(27)31-24)14-19-8-13-23(25(15-19)29-2)30-17-18-6-4-3-5-7-18/h3-16H,17H2,1-2H3/b21-14-. The normalized spacial score (nSPS) is 14.2. The van der Waals surface area contributed by atoms with Crippen molar-refractivity contribution in [2.24, 2.45) is 0 Å². The molecule has 31 heavy (non-hydrogen) atoms. The lowest BCUT2D eigenvalue weighted by atomic mass is 10.1. The summed E-state index contributed by atoms with van der Waals surface area (Å²) in [7, 11) is 3.20. The summed E-state index contributed by atoms with van der Waals surface area (Å²) in [5, 5.41) is 0. The van der Waals surface area contributed by atoms with Crippen LogP contribution in [0, 0.1) is 0 Å². The molecule has 3 aromatic carbocycles. The zero-order valence-corrected chi connectivity index (χ0v) is 17.3. The van der Waals surface area contributed by atoms with Crippen molar-refractivity contribution in [3.8, 4) is 17.2 Å². The molecule has 0 radical (unpaired) electrons. The molecule has 156 valence electrons. The third-order valence-electron chi connectivity index (χ3n) is 4.85. The minimum absolute atomic E-state index is 0.394. The average Bonchev–Trinajstić information content (AvgIpc) is 3.18. The SMILES string of the molecule is COc1ccc(C2=C/C(=C/c3ccc(OCc4ccccc4)c(OC)c3)C(=O)O2)cc1. The maximum absolute atomic E-state index is 12.3. The summed E-state index contributed by atoms with van der Waals surface area (Å²) in [6.07, 6.45) is 3.50. The van der Waals surface area contributed by atoms with Gasteiger partial charge < -0.3 is 18.9 Å². The van der Waals surface area contributed by atoms with E-state index in [1.54, 1.807) is 26.4 Å². The molecule has 0 bridgehead atoms. The molecule has 0 aliphatic carbocycles. The van der Waals surface area contributed by atoms with Crippen molar-refractivity contribution in [3.05, 3.63) is 101 Å². The highest BCUT2D eigenvalue weighted by Gasteiger charge is 2.22. The number of benzene rings is 3. The maximum atomic E-state index is 12.3. The number of rotatable bonds is 7. The van der Waals surface area contributed by atoms with Crippen LogP contribution >= 0.6 is 0 Å². The molecule has 0 unspecified atom stereocenters. The molecule has 0 N–H and O–H groups in total. The van der Waals surface area contributed by atoms with Crippen LogP contribution in [0.1, 0.15) is 16.7 Å². The first-order valence-corrected chi connectivity index (χ1v) is 9.81. The quantitative estimate of drug-likeness (QED) is 0.390. The predicted octanol–water partition coefficient (Wildman–Crippen LogP) is 5.26. The predicted molar refractivity (Wildman–Crippen MR) is 119 cm³/mol. The number of cyclic esters (lactones) is 1. The second kappa shape index (κ2) is 9.22. The van der Waals surface area contributed by atoms with E-state index in [1.165, 1.54) is 0 Å². The third-order valence-corrected chi connectivity index (χ3v) is 4.85. The number of hydrogen-bond donors (Lipinski definition) is 0. The molecule has 4 rings (SSSR count). The molecular formula is C26H22O5. The molecule has 0 atom stereocenters. The highest BCUT2D eigenvalue weighted by molar-refractivity contribution is 6.05. The Kier molecular flexibility index (Phi) is 6.03. The van der Waals surface area contributed by atoms with Crippen molar-refractivity contribution in [3.63, 3.8) is 0 Å². The number of esters is 1. The number of hydrogen-bond acceptors (Lipinski definition) is 5. The van der Waals surface area contributed by atoms with Crippen LogP contribution in [0.25, 0.3) is 11.8 Å². The Morgan fingerprint density at radius 3 is 2.35 bits per heavy atom. The van der Waals surface area contributed by atoms with Crippen molar-refractivity contribution in [1.29, 1.82) is 0 Å². The lowest BCUT2D eigenvalue weighted by Gasteiger charge is -2.11. The van der Waals surface area contributed by atoms with Gasteiger partial charge in [-0.15, -0.1) is 0 Å². The van der Waals surface area contributed by atoms with Crippen molar-refractivity contribution < 1.29 is 23.7 Å². The van der Waals surface area contributed by atoms with Gasteiger partial charge in [-0.1, -0.05) is 36.4 Å². The summed E-state index contributed by atoms with van der Waals surface area (Å²) in [6.45, 7) is 0.442. The summed E-state index contributed by atoms with van der Waals surface area (Å²) >= 11 is 0. The third kappa shape index (κ3) is 4.78. The average molecular weight is 414 g/mol. The minimum Gasteiger partial charge on any atom is -0.497 e. The minimum atomic E-state index is -0.394. The van der Waals surface area contributed by atoms with E-state index in [4.69, 9.17) is 18.9 Å². The first-order valence-electron chi connectivity index (χ1n) is 9.81. The van der Waals surface area contributed by atoms with Gasteiger partial charge in [0.1, 0.15) is 18.1 Å². The number of carbonyl (C=O) groups is 1. The van der Waals surface area contributed by atoms with Gasteiger partial charge in [-0.3, -0.25) is 0 Å². The first kappa shape index (κ1) is 20.3. The van der Waals surface area contributed by atoms with Gasteiger partial charge in [0, 0.05) is 5.56 Å². The van der Waals surface area contributed by atoms with E-state index < -0.39 is 5.97 Å². The van der Waals surface area contributed by atoms with Gasteiger partial charge in [0.25, 0.3) is 0 Å². The van der Waals surface area contributed by atoms with Crippen LogP contribution in [0.2, 0.25) is 0 Å². The van der Waals surface area contributed by atoms with E-state index in [9.17, 15) is 4.79 Å². The molecule has 0 saturated heterocycles. The Morgan fingerprint density at radius 1 is 0.871 bits per heavy atom. The lowest BCUT2D eigenvalue weighted by Crippen LogP contribution is -1.99. The number of ether oxygens (including phenoxy) is 4. The molecule has 5 nitrogen and oxygen atoms in total. The van der Waals surface area contributed by atoms with Gasteiger partial charge in [0.2, 0.25) is 0 Å². The maximum Gasteiger partial charge on any atom is 0.343 e. The van der Waals surface area contributed by atoms with Crippen molar-refractivity contribution in [2.75, 3.05) is 14.2 Å². The fraction of sp³-hybridized carbons (Fsp3) is 0.115. The van der Waals surface area contributed by atoms with Crippen LogP contribution in [-0.2, 0) is 16.1 Å². The fourth-order valence-electron chi connectivity index (χ4n) is 3.19. The molecular weight excluding hydrogens is 392 g/mol. The molecule has 0 spiro atoms. The van der Waals surface area contributed by atoms with Crippen LogP contribution < -0.4 is 14.2 Å². The van der Waals surface area contributed by atoms with E-state index in [0.29, 0.717) is 29.4 Å². The second-order valence-electron chi connectivity index (χ2n) is 6.91. The lowest BCUT2D eigenvalue weighted by molar-refractivity contribution is -0.130. The molecule has 5 heteroatoms. The molecule has 1 heterocycles. The number of carbonyl (C=O) groups excluding carboxylic acids is 1. The van der Waals surface area contributed by atoms with Crippen LogP contribution in [-0.4, -0.2) is 20.2 Å². The second-order valence-corrected chi connectivity index (χ2v) is 6.91. The van der Waals surface area contributed by atoms with Crippen LogP contribution in [0.4, 0.5) is 0 Å². The Bertz CT molecular complexity index is 1130. The van der Waals surface area contributed by atoms with Crippen molar-refractivity contribution in [2.45, 2.75) is 6.61 Å². The van der Waals surface area contributed by atoms with Gasteiger partial charge in [0.15, 0.2) is 11.5 Å². The van der Waals surface area contributed by atoms with Crippen molar-refractivity contribution >= 4 is 17.8 Å². The zero-order valence-electron chi connectivity index (χ0n) is 17.3. The topological polar surface area (TPSA) is 54.0 Å². The highest BCUT2D eigenvalue weighted by atomic mass is 16.5. The van der Waals surface area contributed by atoms with Gasteiger partial charge in [0.05, 0.1) is 19.8 Å². The van der Waals surface area contributed by atoms with E-state index in [1.807, 2.05) is 72.8 Å². The van der Waals surface area contributed by atoms with E-state index in [0.717, 1.165) is 22.4 Å². The molecule has 0 saturated carbocycles. The van der Waals surface area contributed by atoms with Gasteiger partial charge in [-0.05, 0) is 59.7 Å². The van der Waals surface area contributed by atoms with E-state index >= 15 is 0 Å². The molecule has 1 aliphatic heterocycles. The Balaban J connectivity index is 1.53. The zero-order chi connectivity index (χ0) is 21.6. The van der Waals surface area contributed by atoms with Gasteiger partial charge in [-0.2, -0.15) is 0 Å². The molecule has 0 fully saturated rings. The smallest absolute Gasteiger partial charge is 0.343 e. The summed E-state index contributed by atoms with van der Waals surface area (Å²) in [5.74, 6) is 2.09. The van der Waals surface area contributed by atoms with Gasteiger partial charge in [-0.25, -0.2) is 4.79 Å². The van der Waals surface area contributed by atoms with Crippen LogP contribution in [0.5, 0.6) is 17.2 Å². The van der Waals surface area contributed by atoms with Crippen LogP contribution in [0.3, 0.4) is 0 Å².